The molecule has 166 valence electrons. The fourth-order valence-corrected chi connectivity index (χ4v) is 3.74. The van der Waals surface area contributed by atoms with Crippen molar-refractivity contribution >= 4 is 27.8 Å². The van der Waals surface area contributed by atoms with Crippen LogP contribution in [0.15, 0.2) is 54.7 Å². The van der Waals surface area contributed by atoms with Gasteiger partial charge in [0.2, 0.25) is 0 Å². The van der Waals surface area contributed by atoms with Crippen LogP contribution in [0, 0.1) is 0 Å². The van der Waals surface area contributed by atoms with Gasteiger partial charge in [0.15, 0.2) is 5.69 Å². The Bertz CT molecular complexity index is 1220. The van der Waals surface area contributed by atoms with E-state index in [1.165, 1.54) is 0 Å². The van der Waals surface area contributed by atoms with Crippen molar-refractivity contribution in [3.8, 4) is 5.75 Å². The van der Waals surface area contributed by atoms with Gasteiger partial charge in [0.05, 0.1) is 24.9 Å². The molecule has 2 heterocycles. The third-order valence-electron chi connectivity index (χ3n) is 5.15. The number of ether oxygens (including phenoxy) is 4. The second-order valence-corrected chi connectivity index (χ2v) is 7.58. The van der Waals surface area contributed by atoms with Crippen molar-refractivity contribution in [1.29, 1.82) is 0 Å². The van der Waals surface area contributed by atoms with E-state index in [-0.39, 0.29) is 18.4 Å². The van der Waals surface area contributed by atoms with Crippen molar-refractivity contribution in [3.63, 3.8) is 0 Å². The number of benzene rings is 2. The number of methoxy groups -OCH3 is 2. The first kappa shape index (κ1) is 21.8. The first-order valence-electron chi connectivity index (χ1n) is 10.4. The number of carbonyl (C=O) groups excluding carboxylic acids is 1. The van der Waals surface area contributed by atoms with E-state index in [1.807, 2.05) is 48.5 Å². The second-order valence-electron chi connectivity index (χ2n) is 7.58. The highest BCUT2D eigenvalue weighted by molar-refractivity contribution is 6.11. The standard InChI is InChI=1S/C25H26N2O5/c1-16(13-29-2)32-25(28)24-20(15-30-3)23-19-11-18(31-14-17-7-5-4-6-8-17)9-10-21(19)27-22(23)12-26-24/h4-12,16,27H,13-15H2,1-3H3. The van der Waals surface area contributed by atoms with E-state index in [1.54, 1.807) is 27.3 Å². The molecular weight excluding hydrogens is 408 g/mol. The van der Waals surface area contributed by atoms with Gasteiger partial charge in [-0.15, -0.1) is 0 Å². The van der Waals surface area contributed by atoms with Crippen LogP contribution in [-0.2, 0) is 27.4 Å². The molecule has 2 aromatic carbocycles. The van der Waals surface area contributed by atoms with Crippen molar-refractivity contribution in [2.45, 2.75) is 26.2 Å². The van der Waals surface area contributed by atoms with Crippen LogP contribution in [0.4, 0.5) is 0 Å². The smallest absolute Gasteiger partial charge is 0.357 e. The van der Waals surface area contributed by atoms with Crippen molar-refractivity contribution in [3.05, 3.63) is 71.5 Å². The van der Waals surface area contributed by atoms with Crippen LogP contribution in [0.5, 0.6) is 5.75 Å². The molecule has 0 fully saturated rings. The summed E-state index contributed by atoms with van der Waals surface area (Å²) in [7, 11) is 3.15. The van der Waals surface area contributed by atoms with Gasteiger partial charge in [0.1, 0.15) is 18.5 Å². The van der Waals surface area contributed by atoms with Gasteiger partial charge in [-0.3, -0.25) is 0 Å². The van der Waals surface area contributed by atoms with Crippen molar-refractivity contribution in [2.75, 3.05) is 20.8 Å². The van der Waals surface area contributed by atoms with Crippen LogP contribution in [-0.4, -0.2) is 42.9 Å². The first-order valence-corrected chi connectivity index (χ1v) is 10.4. The number of aromatic nitrogens is 2. The molecule has 7 heteroatoms. The average molecular weight is 434 g/mol. The lowest BCUT2D eigenvalue weighted by Gasteiger charge is -2.14. The highest BCUT2D eigenvalue weighted by atomic mass is 16.6. The topological polar surface area (TPSA) is 82.7 Å². The maximum Gasteiger partial charge on any atom is 0.357 e. The van der Waals surface area contributed by atoms with Crippen molar-refractivity contribution < 1.29 is 23.7 Å². The molecule has 0 aliphatic carbocycles. The van der Waals surface area contributed by atoms with E-state index in [2.05, 4.69) is 9.97 Å². The van der Waals surface area contributed by atoms with Gasteiger partial charge in [-0.05, 0) is 30.7 Å². The number of esters is 1. The number of H-pyrrole nitrogens is 1. The summed E-state index contributed by atoms with van der Waals surface area (Å²) in [6, 6.07) is 15.9. The van der Waals surface area contributed by atoms with Crippen LogP contribution >= 0.6 is 0 Å². The molecule has 0 aliphatic rings. The van der Waals surface area contributed by atoms with Gasteiger partial charge in [0.25, 0.3) is 0 Å². The van der Waals surface area contributed by atoms with Crippen LogP contribution < -0.4 is 4.74 Å². The van der Waals surface area contributed by atoms with Gasteiger partial charge < -0.3 is 23.9 Å². The molecule has 0 saturated carbocycles. The third-order valence-corrected chi connectivity index (χ3v) is 5.15. The number of aromatic amines is 1. The van der Waals surface area contributed by atoms with Gasteiger partial charge in [-0.25, -0.2) is 9.78 Å². The minimum atomic E-state index is -0.505. The molecule has 7 nitrogen and oxygen atoms in total. The maximum absolute atomic E-state index is 12.8. The SMILES string of the molecule is COCc1c(C(=O)OC(C)COC)ncc2[nH]c3ccc(OCc4ccccc4)cc3c12. The molecule has 2 aromatic heterocycles. The van der Waals surface area contributed by atoms with E-state index in [0.717, 1.165) is 33.1 Å². The number of fused-ring (bicyclic) bond motifs is 3. The molecule has 0 radical (unpaired) electrons. The van der Waals surface area contributed by atoms with Crippen LogP contribution in [0.3, 0.4) is 0 Å². The quantitative estimate of drug-likeness (QED) is 0.387. The Labute approximate surface area is 186 Å². The molecule has 4 rings (SSSR count). The zero-order chi connectivity index (χ0) is 22.5. The Morgan fingerprint density at radius 2 is 1.84 bits per heavy atom. The van der Waals surface area contributed by atoms with Gasteiger partial charge in [-0.2, -0.15) is 0 Å². The Kier molecular flexibility index (Phi) is 6.68. The number of carbonyl (C=O) groups is 1. The lowest BCUT2D eigenvalue weighted by molar-refractivity contribution is 0.0111. The number of hydrogen-bond donors (Lipinski definition) is 1. The summed E-state index contributed by atoms with van der Waals surface area (Å²) < 4.78 is 22.0. The molecule has 32 heavy (non-hydrogen) atoms. The Morgan fingerprint density at radius 3 is 2.59 bits per heavy atom. The van der Waals surface area contributed by atoms with Gasteiger partial charge in [0, 0.05) is 36.1 Å². The van der Waals surface area contributed by atoms with E-state index < -0.39 is 5.97 Å². The number of pyridine rings is 1. The first-order chi connectivity index (χ1) is 15.6. The van der Waals surface area contributed by atoms with Crippen LogP contribution in [0.1, 0.15) is 28.5 Å². The molecule has 1 unspecified atom stereocenters. The van der Waals surface area contributed by atoms with E-state index in [4.69, 9.17) is 18.9 Å². The van der Waals surface area contributed by atoms with Crippen molar-refractivity contribution in [1.82, 2.24) is 9.97 Å². The Hall–Kier alpha value is -3.42. The van der Waals surface area contributed by atoms with Crippen LogP contribution in [0.25, 0.3) is 21.8 Å². The Morgan fingerprint density at radius 1 is 1.03 bits per heavy atom. The van der Waals surface area contributed by atoms with Crippen LogP contribution in [0.2, 0.25) is 0 Å². The predicted octanol–water partition coefficient (Wildman–Crippen LogP) is 4.63. The summed E-state index contributed by atoms with van der Waals surface area (Å²) in [6.07, 6.45) is 1.26. The maximum atomic E-state index is 12.8. The number of nitrogens with one attached hydrogen (secondary N) is 1. The normalized spacial score (nSPS) is 12.2. The largest absolute Gasteiger partial charge is 0.489 e. The van der Waals surface area contributed by atoms with Gasteiger partial charge in [-0.1, -0.05) is 30.3 Å². The molecule has 0 amide bonds. The minimum Gasteiger partial charge on any atom is -0.489 e. The highest BCUT2D eigenvalue weighted by Crippen LogP contribution is 2.33. The van der Waals surface area contributed by atoms with E-state index in [0.29, 0.717) is 18.8 Å². The zero-order valence-electron chi connectivity index (χ0n) is 18.4. The fourth-order valence-electron chi connectivity index (χ4n) is 3.74. The number of nitrogens with zero attached hydrogens (tertiary/aromatic N) is 1. The zero-order valence-corrected chi connectivity index (χ0v) is 18.4. The molecule has 0 saturated heterocycles. The second kappa shape index (κ2) is 9.80. The molecule has 1 atom stereocenters. The fraction of sp³-hybridized carbons (Fsp3) is 0.280. The van der Waals surface area contributed by atoms with Crippen molar-refractivity contribution in [2.24, 2.45) is 0 Å². The predicted molar refractivity (Wildman–Crippen MR) is 122 cm³/mol. The summed E-state index contributed by atoms with van der Waals surface area (Å²) in [6.45, 7) is 2.77. The van der Waals surface area contributed by atoms with E-state index >= 15 is 0 Å². The minimum absolute atomic E-state index is 0.218. The van der Waals surface area contributed by atoms with Gasteiger partial charge >= 0.3 is 5.97 Å². The molecule has 4 aromatic rings. The summed E-state index contributed by atoms with van der Waals surface area (Å²) in [5.74, 6) is 0.231. The molecule has 0 spiro atoms. The lowest BCUT2D eigenvalue weighted by Crippen LogP contribution is -2.21. The average Bonchev–Trinajstić information content (AvgIpc) is 3.17. The lowest BCUT2D eigenvalue weighted by atomic mass is 10.1. The Balaban J connectivity index is 1.73. The number of hydrogen-bond acceptors (Lipinski definition) is 6. The molecular formula is C25H26N2O5. The summed E-state index contributed by atoms with van der Waals surface area (Å²) >= 11 is 0. The summed E-state index contributed by atoms with van der Waals surface area (Å²) in [5, 5.41) is 1.80. The van der Waals surface area contributed by atoms with E-state index in [9.17, 15) is 4.79 Å². The summed E-state index contributed by atoms with van der Waals surface area (Å²) in [4.78, 5) is 20.6. The third kappa shape index (κ3) is 4.59. The summed E-state index contributed by atoms with van der Waals surface area (Å²) in [5.41, 5.74) is 3.73. The highest BCUT2D eigenvalue weighted by Gasteiger charge is 2.22. The monoisotopic (exact) mass is 434 g/mol. The molecule has 1 N–H and O–H groups in total. The number of rotatable bonds is 9. The molecule has 0 bridgehead atoms. The molecule has 0 aliphatic heterocycles.